The monoisotopic (exact) mass is 289 g/mol. The summed E-state index contributed by atoms with van der Waals surface area (Å²) in [5.74, 6) is 2.42. The number of benzene rings is 1. The number of hydrogen-bond donors (Lipinski definition) is 0. The van der Waals surface area contributed by atoms with Crippen LogP contribution < -0.4 is 0 Å². The van der Waals surface area contributed by atoms with Crippen LogP contribution in [-0.4, -0.2) is 14.8 Å². The second kappa shape index (κ2) is 6.44. The zero-order valence-corrected chi connectivity index (χ0v) is 13.7. The Morgan fingerprint density at radius 3 is 2.40 bits per heavy atom. The highest BCUT2D eigenvalue weighted by Gasteiger charge is 2.17. The van der Waals surface area contributed by atoms with Gasteiger partial charge in [-0.15, -0.1) is 10.2 Å². The molecular weight excluding hydrogens is 266 g/mol. The maximum absolute atomic E-state index is 4.38. The molecule has 1 aromatic carbocycles. The van der Waals surface area contributed by atoms with Crippen LogP contribution in [0.15, 0.2) is 29.4 Å². The van der Waals surface area contributed by atoms with Gasteiger partial charge >= 0.3 is 0 Å². The fourth-order valence-electron chi connectivity index (χ4n) is 2.18. The van der Waals surface area contributed by atoms with Gasteiger partial charge in [-0.3, -0.25) is 0 Å². The van der Waals surface area contributed by atoms with Crippen LogP contribution in [0, 0.1) is 6.92 Å². The van der Waals surface area contributed by atoms with E-state index in [0.717, 1.165) is 16.7 Å². The van der Waals surface area contributed by atoms with E-state index in [4.69, 9.17) is 0 Å². The predicted molar refractivity (Wildman–Crippen MR) is 85.2 cm³/mol. The summed E-state index contributed by atoms with van der Waals surface area (Å²) in [6, 6.07) is 8.90. The third kappa shape index (κ3) is 3.23. The SMILES string of the molecule is Cc1ccccc1CSc1nnc(C(C)C)n1C(C)C. The Balaban J connectivity index is 2.20. The zero-order valence-electron chi connectivity index (χ0n) is 12.9. The van der Waals surface area contributed by atoms with Gasteiger partial charge in [0.25, 0.3) is 0 Å². The first-order valence-corrected chi connectivity index (χ1v) is 8.11. The van der Waals surface area contributed by atoms with Crippen molar-refractivity contribution in [3.05, 3.63) is 41.2 Å². The molecule has 3 nitrogen and oxygen atoms in total. The fraction of sp³-hybridized carbons (Fsp3) is 0.500. The summed E-state index contributed by atoms with van der Waals surface area (Å²) in [4.78, 5) is 0. The maximum Gasteiger partial charge on any atom is 0.191 e. The first-order valence-electron chi connectivity index (χ1n) is 7.12. The molecule has 20 heavy (non-hydrogen) atoms. The van der Waals surface area contributed by atoms with Gasteiger partial charge in [0, 0.05) is 17.7 Å². The lowest BCUT2D eigenvalue weighted by Gasteiger charge is -2.15. The summed E-state index contributed by atoms with van der Waals surface area (Å²) in [5.41, 5.74) is 2.70. The number of aromatic nitrogens is 3. The smallest absolute Gasteiger partial charge is 0.191 e. The van der Waals surface area contributed by atoms with Crippen LogP contribution in [0.2, 0.25) is 0 Å². The summed E-state index contributed by atoms with van der Waals surface area (Å²) >= 11 is 1.77. The minimum Gasteiger partial charge on any atom is -0.303 e. The Hall–Kier alpha value is -1.29. The van der Waals surface area contributed by atoms with Gasteiger partial charge in [-0.2, -0.15) is 0 Å². The third-order valence-electron chi connectivity index (χ3n) is 3.34. The molecule has 0 spiro atoms. The van der Waals surface area contributed by atoms with Gasteiger partial charge in [-0.25, -0.2) is 0 Å². The average Bonchev–Trinajstić information content (AvgIpc) is 2.82. The van der Waals surface area contributed by atoms with Crippen molar-refractivity contribution < 1.29 is 0 Å². The molecule has 0 aliphatic rings. The second-order valence-corrected chi connectivity index (χ2v) is 6.62. The highest BCUT2D eigenvalue weighted by molar-refractivity contribution is 7.98. The van der Waals surface area contributed by atoms with E-state index >= 15 is 0 Å². The molecule has 0 radical (unpaired) electrons. The molecule has 0 aliphatic carbocycles. The van der Waals surface area contributed by atoms with E-state index in [1.165, 1.54) is 11.1 Å². The molecule has 0 amide bonds. The van der Waals surface area contributed by atoms with Crippen LogP contribution >= 0.6 is 11.8 Å². The van der Waals surface area contributed by atoms with E-state index in [9.17, 15) is 0 Å². The largest absolute Gasteiger partial charge is 0.303 e. The summed E-state index contributed by atoms with van der Waals surface area (Å²) in [5, 5.41) is 9.76. The van der Waals surface area contributed by atoms with Gasteiger partial charge in [0.2, 0.25) is 0 Å². The van der Waals surface area contributed by atoms with Crippen molar-refractivity contribution in [3.8, 4) is 0 Å². The van der Waals surface area contributed by atoms with Crippen molar-refractivity contribution in [1.29, 1.82) is 0 Å². The van der Waals surface area contributed by atoms with E-state index in [1.807, 2.05) is 0 Å². The van der Waals surface area contributed by atoms with Crippen molar-refractivity contribution >= 4 is 11.8 Å². The maximum atomic E-state index is 4.38. The summed E-state index contributed by atoms with van der Waals surface area (Å²) < 4.78 is 2.26. The Labute approximate surface area is 125 Å². The van der Waals surface area contributed by atoms with Crippen LogP contribution in [0.5, 0.6) is 0 Å². The normalized spacial score (nSPS) is 11.6. The lowest BCUT2D eigenvalue weighted by molar-refractivity contribution is 0.512. The van der Waals surface area contributed by atoms with Crippen LogP contribution in [0.4, 0.5) is 0 Å². The van der Waals surface area contributed by atoms with E-state index in [1.54, 1.807) is 11.8 Å². The van der Waals surface area contributed by atoms with E-state index < -0.39 is 0 Å². The molecule has 1 heterocycles. The Kier molecular flexibility index (Phi) is 4.86. The minimum atomic E-state index is 0.391. The molecule has 2 aromatic rings. The predicted octanol–water partition coefficient (Wildman–Crippen LogP) is 4.58. The Morgan fingerprint density at radius 2 is 1.80 bits per heavy atom. The van der Waals surface area contributed by atoms with E-state index in [2.05, 4.69) is 73.6 Å². The number of rotatable bonds is 5. The molecule has 0 saturated carbocycles. The summed E-state index contributed by atoms with van der Waals surface area (Å²) in [6.45, 7) is 10.9. The van der Waals surface area contributed by atoms with Crippen molar-refractivity contribution in [3.63, 3.8) is 0 Å². The highest BCUT2D eigenvalue weighted by atomic mass is 32.2. The van der Waals surface area contributed by atoms with Crippen LogP contribution in [0.3, 0.4) is 0 Å². The molecule has 0 aliphatic heterocycles. The Bertz CT molecular complexity index is 573. The molecular formula is C16H23N3S. The van der Waals surface area contributed by atoms with Crippen molar-refractivity contribution in [2.75, 3.05) is 0 Å². The van der Waals surface area contributed by atoms with Crippen molar-refractivity contribution in [2.24, 2.45) is 0 Å². The lowest BCUT2D eigenvalue weighted by atomic mass is 10.1. The van der Waals surface area contributed by atoms with E-state index in [-0.39, 0.29) is 0 Å². The van der Waals surface area contributed by atoms with E-state index in [0.29, 0.717) is 12.0 Å². The van der Waals surface area contributed by atoms with Gasteiger partial charge in [-0.05, 0) is 31.9 Å². The molecule has 4 heteroatoms. The minimum absolute atomic E-state index is 0.391. The molecule has 0 atom stereocenters. The molecule has 0 unspecified atom stereocenters. The first kappa shape index (κ1) is 15.1. The van der Waals surface area contributed by atoms with Crippen molar-refractivity contribution in [1.82, 2.24) is 14.8 Å². The standard InChI is InChI=1S/C16H23N3S/c1-11(2)15-17-18-16(19(15)12(3)4)20-10-14-9-7-6-8-13(14)5/h6-9,11-12H,10H2,1-5H3. The number of thioether (sulfide) groups is 1. The first-order chi connectivity index (χ1) is 9.50. The number of hydrogen-bond acceptors (Lipinski definition) is 3. The van der Waals surface area contributed by atoms with Gasteiger partial charge in [0.1, 0.15) is 5.82 Å². The number of aryl methyl sites for hydroxylation is 1. The van der Waals surface area contributed by atoms with Gasteiger partial charge in [0.05, 0.1) is 0 Å². The molecule has 0 N–H and O–H groups in total. The highest BCUT2D eigenvalue weighted by Crippen LogP contribution is 2.28. The van der Waals surface area contributed by atoms with Gasteiger partial charge in [0.15, 0.2) is 5.16 Å². The van der Waals surface area contributed by atoms with Crippen molar-refractivity contribution in [2.45, 2.75) is 57.5 Å². The topological polar surface area (TPSA) is 30.7 Å². The van der Waals surface area contributed by atoms with Gasteiger partial charge in [-0.1, -0.05) is 49.9 Å². The second-order valence-electron chi connectivity index (χ2n) is 5.67. The van der Waals surface area contributed by atoms with Crippen LogP contribution in [0.1, 0.15) is 56.6 Å². The lowest BCUT2D eigenvalue weighted by Crippen LogP contribution is -2.09. The fourth-order valence-corrected chi connectivity index (χ4v) is 3.33. The molecule has 0 fully saturated rings. The summed E-state index contributed by atoms with van der Waals surface area (Å²) in [7, 11) is 0. The average molecular weight is 289 g/mol. The molecule has 0 saturated heterocycles. The molecule has 0 bridgehead atoms. The third-order valence-corrected chi connectivity index (χ3v) is 4.33. The van der Waals surface area contributed by atoms with Crippen LogP contribution in [-0.2, 0) is 5.75 Å². The number of nitrogens with zero attached hydrogens (tertiary/aromatic N) is 3. The quantitative estimate of drug-likeness (QED) is 0.755. The summed E-state index contributed by atoms with van der Waals surface area (Å²) in [6.07, 6.45) is 0. The van der Waals surface area contributed by atoms with Crippen LogP contribution in [0.25, 0.3) is 0 Å². The Morgan fingerprint density at radius 1 is 1.10 bits per heavy atom. The molecule has 1 aromatic heterocycles. The molecule has 108 valence electrons. The van der Waals surface area contributed by atoms with Gasteiger partial charge < -0.3 is 4.57 Å². The molecule has 2 rings (SSSR count). The zero-order chi connectivity index (χ0) is 14.7.